The van der Waals surface area contributed by atoms with E-state index < -0.39 is 0 Å². The lowest BCUT2D eigenvalue weighted by atomic mass is 10.0. The molecule has 174 valence electrons. The minimum Gasteiger partial charge on any atom is -0.337 e. The summed E-state index contributed by atoms with van der Waals surface area (Å²) in [5, 5.41) is 15.7. The first-order chi connectivity index (χ1) is 15.9. The molecule has 33 heavy (non-hydrogen) atoms. The van der Waals surface area contributed by atoms with Crippen molar-refractivity contribution in [2.75, 3.05) is 17.2 Å². The Hall–Kier alpha value is -2.83. The second-order valence-corrected chi connectivity index (χ2v) is 10.2. The number of hydrogen-bond donors (Lipinski definition) is 2. The molecule has 0 saturated heterocycles. The molecular weight excluding hydrogens is 456 g/mol. The summed E-state index contributed by atoms with van der Waals surface area (Å²) in [4.78, 5) is 40.3. The van der Waals surface area contributed by atoms with Gasteiger partial charge >= 0.3 is 0 Å². The Labute approximate surface area is 202 Å². The first-order valence-corrected chi connectivity index (χ1v) is 12.7. The summed E-state index contributed by atoms with van der Waals surface area (Å²) in [6.45, 7) is 6.50. The summed E-state index contributed by atoms with van der Waals surface area (Å²) in [5.74, 6) is -0.186. The Morgan fingerprint density at radius 1 is 1.27 bits per heavy atom. The molecule has 1 unspecified atom stereocenters. The van der Waals surface area contributed by atoms with Crippen molar-refractivity contribution in [2.24, 2.45) is 0 Å². The normalized spacial score (nSPS) is 13.6. The second-order valence-electron chi connectivity index (χ2n) is 7.84. The molecule has 0 bridgehead atoms. The zero-order valence-corrected chi connectivity index (χ0v) is 20.7. The standard InChI is InChI=1S/C24H28N4O3S2/c1-4-7-22(30)26-16-8-6-9-17(12-16)32-20(5-2)23(31)27-24-19(13-25)18-10-11-28(15(3)29)14-21(18)33-24/h6,8-9,12,20H,4-5,7,10-11,14H2,1-3H3,(H,26,30)(H,27,31). The fourth-order valence-electron chi connectivity index (χ4n) is 3.66. The lowest BCUT2D eigenvalue weighted by molar-refractivity contribution is -0.129. The van der Waals surface area contributed by atoms with Crippen LogP contribution >= 0.6 is 23.1 Å². The number of nitrogens with one attached hydrogen (secondary N) is 2. The highest BCUT2D eigenvalue weighted by Gasteiger charge is 2.27. The van der Waals surface area contributed by atoms with Crippen LogP contribution in [-0.2, 0) is 27.3 Å². The van der Waals surface area contributed by atoms with Gasteiger partial charge in [-0.05, 0) is 43.0 Å². The van der Waals surface area contributed by atoms with Crippen LogP contribution < -0.4 is 10.6 Å². The molecule has 2 aromatic rings. The monoisotopic (exact) mass is 484 g/mol. The van der Waals surface area contributed by atoms with Gasteiger partial charge in [0.05, 0.1) is 17.4 Å². The molecule has 1 aromatic carbocycles. The lowest BCUT2D eigenvalue weighted by Crippen LogP contribution is -2.33. The predicted octanol–water partition coefficient (Wildman–Crippen LogP) is 4.77. The Balaban J connectivity index is 1.72. The van der Waals surface area contributed by atoms with Crippen LogP contribution in [0.3, 0.4) is 0 Å². The van der Waals surface area contributed by atoms with Crippen molar-refractivity contribution in [3.63, 3.8) is 0 Å². The maximum Gasteiger partial charge on any atom is 0.238 e. The van der Waals surface area contributed by atoms with Gasteiger partial charge in [-0.15, -0.1) is 23.1 Å². The van der Waals surface area contributed by atoms with Crippen molar-refractivity contribution in [1.82, 2.24) is 4.90 Å². The van der Waals surface area contributed by atoms with E-state index in [9.17, 15) is 19.6 Å². The molecule has 9 heteroatoms. The Kier molecular flexibility index (Phi) is 8.53. The van der Waals surface area contributed by atoms with E-state index in [4.69, 9.17) is 0 Å². The van der Waals surface area contributed by atoms with Gasteiger partial charge in [0.1, 0.15) is 11.1 Å². The minimum atomic E-state index is -0.356. The smallest absolute Gasteiger partial charge is 0.238 e. The van der Waals surface area contributed by atoms with Gasteiger partial charge in [-0.1, -0.05) is 19.9 Å². The largest absolute Gasteiger partial charge is 0.337 e. The summed E-state index contributed by atoms with van der Waals surface area (Å²) < 4.78 is 0. The van der Waals surface area contributed by atoms with E-state index in [-0.39, 0.29) is 23.0 Å². The van der Waals surface area contributed by atoms with Gasteiger partial charge in [-0.2, -0.15) is 5.26 Å². The predicted molar refractivity (Wildman–Crippen MR) is 132 cm³/mol. The maximum absolute atomic E-state index is 13.1. The van der Waals surface area contributed by atoms with Crippen molar-refractivity contribution < 1.29 is 14.4 Å². The van der Waals surface area contributed by atoms with Gasteiger partial charge in [0, 0.05) is 35.3 Å². The number of benzene rings is 1. The number of nitriles is 1. The lowest BCUT2D eigenvalue weighted by Gasteiger charge is -2.25. The minimum absolute atomic E-state index is 0.00806. The zero-order chi connectivity index (χ0) is 24.0. The first kappa shape index (κ1) is 24.8. The van der Waals surface area contributed by atoms with Crippen LogP contribution in [0.4, 0.5) is 10.7 Å². The molecule has 1 atom stereocenters. The quantitative estimate of drug-likeness (QED) is 0.525. The molecule has 1 aliphatic rings. The van der Waals surface area contributed by atoms with Gasteiger partial charge in [0.15, 0.2) is 0 Å². The van der Waals surface area contributed by atoms with Crippen LogP contribution in [0.5, 0.6) is 0 Å². The average molecular weight is 485 g/mol. The summed E-state index contributed by atoms with van der Waals surface area (Å²) in [6.07, 6.45) is 2.47. The average Bonchev–Trinajstić information content (AvgIpc) is 3.13. The number of fused-ring (bicyclic) bond motifs is 1. The van der Waals surface area contributed by atoms with Crippen molar-refractivity contribution in [3.05, 3.63) is 40.3 Å². The van der Waals surface area contributed by atoms with Crippen LogP contribution in [0.2, 0.25) is 0 Å². The first-order valence-electron chi connectivity index (χ1n) is 11.0. The van der Waals surface area contributed by atoms with E-state index in [0.29, 0.717) is 48.6 Å². The Bertz CT molecular complexity index is 1090. The molecule has 3 amide bonds. The van der Waals surface area contributed by atoms with Gasteiger partial charge in [0.25, 0.3) is 0 Å². The molecule has 0 radical (unpaired) electrons. The number of anilines is 2. The highest BCUT2D eigenvalue weighted by molar-refractivity contribution is 8.00. The van der Waals surface area contributed by atoms with Gasteiger partial charge in [-0.25, -0.2) is 0 Å². The van der Waals surface area contributed by atoms with Crippen LogP contribution in [0.15, 0.2) is 29.2 Å². The van der Waals surface area contributed by atoms with Crippen LogP contribution in [-0.4, -0.2) is 34.4 Å². The SMILES string of the molecule is CCCC(=O)Nc1cccc(SC(CC)C(=O)Nc2sc3c(c2C#N)CCN(C(C)=O)C3)c1. The van der Waals surface area contributed by atoms with Crippen LogP contribution in [0, 0.1) is 11.3 Å². The molecule has 2 heterocycles. The third-order valence-electron chi connectivity index (χ3n) is 5.39. The Morgan fingerprint density at radius 3 is 2.73 bits per heavy atom. The molecule has 1 aromatic heterocycles. The topological polar surface area (TPSA) is 102 Å². The molecule has 0 saturated carbocycles. The maximum atomic E-state index is 13.1. The fraction of sp³-hybridized carbons (Fsp3) is 0.417. The third-order valence-corrected chi connectivity index (χ3v) is 7.88. The number of thioether (sulfide) groups is 1. The van der Waals surface area contributed by atoms with Crippen molar-refractivity contribution in [3.8, 4) is 6.07 Å². The number of nitrogens with zero attached hydrogens (tertiary/aromatic N) is 2. The number of thiophene rings is 1. The number of carbonyl (C=O) groups excluding carboxylic acids is 3. The van der Waals surface area contributed by atoms with Gasteiger partial charge in [-0.3, -0.25) is 14.4 Å². The summed E-state index contributed by atoms with van der Waals surface area (Å²) in [6, 6.07) is 9.71. The molecule has 1 aliphatic heterocycles. The van der Waals surface area contributed by atoms with Gasteiger partial charge in [0.2, 0.25) is 17.7 Å². The van der Waals surface area contributed by atoms with E-state index in [0.717, 1.165) is 21.8 Å². The second kappa shape index (κ2) is 11.3. The van der Waals surface area contributed by atoms with E-state index >= 15 is 0 Å². The molecule has 0 fully saturated rings. The van der Waals surface area contributed by atoms with Crippen molar-refractivity contribution in [1.29, 1.82) is 5.26 Å². The van der Waals surface area contributed by atoms with E-state index in [1.54, 1.807) is 11.8 Å². The molecule has 3 rings (SSSR count). The molecule has 2 N–H and O–H groups in total. The van der Waals surface area contributed by atoms with Crippen LogP contribution in [0.1, 0.15) is 56.0 Å². The van der Waals surface area contributed by atoms with Crippen molar-refractivity contribution >= 4 is 51.5 Å². The molecule has 0 spiro atoms. The molecular formula is C24H28N4O3S2. The fourth-order valence-corrected chi connectivity index (χ4v) is 5.89. The number of hydrogen-bond acceptors (Lipinski definition) is 6. The Morgan fingerprint density at radius 2 is 2.06 bits per heavy atom. The number of amides is 3. The summed E-state index contributed by atoms with van der Waals surface area (Å²) in [7, 11) is 0. The van der Waals surface area contributed by atoms with Crippen molar-refractivity contribution in [2.45, 2.75) is 63.1 Å². The number of rotatable bonds is 8. The van der Waals surface area contributed by atoms with E-state index in [1.165, 1.54) is 23.1 Å². The van der Waals surface area contributed by atoms with E-state index in [1.807, 2.05) is 38.1 Å². The third kappa shape index (κ3) is 6.15. The molecule has 0 aliphatic carbocycles. The summed E-state index contributed by atoms with van der Waals surface area (Å²) in [5.41, 5.74) is 2.15. The highest BCUT2D eigenvalue weighted by Crippen LogP contribution is 2.37. The molecule has 7 nitrogen and oxygen atoms in total. The summed E-state index contributed by atoms with van der Waals surface area (Å²) >= 11 is 2.81. The van der Waals surface area contributed by atoms with Gasteiger partial charge < -0.3 is 15.5 Å². The highest BCUT2D eigenvalue weighted by atomic mass is 32.2. The zero-order valence-electron chi connectivity index (χ0n) is 19.1. The van der Waals surface area contributed by atoms with E-state index in [2.05, 4.69) is 16.7 Å². The van der Waals surface area contributed by atoms with Crippen LogP contribution in [0.25, 0.3) is 0 Å². The number of carbonyl (C=O) groups is 3.